The Kier molecular flexibility index (Phi) is 7.83. The number of phenols is 1. The van der Waals surface area contributed by atoms with Gasteiger partial charge in [-0.05, 0) is 47.1 Å². The van der Waals surface area contributed by atoms with Crippen molar-refractivity contribution in [2.24, 2.45) is 0 Å². The Morgan fingerprint density at radius 1 is 0.791 bits per heavy atom. The fourth-order valence-electron chi connectivity index (χ4n) is 6.41. The molecule has 218 valence electrons. The second-order valence-electron chi connectivity index (χ2n) is 11.9. The topological polar surface area (TPSA) is 50.9 Å². The third-order valence-electron chi connectivity index (χ3n) is 8.51. The summed E-state index contributed by atoms with van der Waals surface area (Å²) in [6.07, 6.45) is 5.86. The van der Waals surface area contributed by atoms with Crippen molar-refractivity contribution in [2.45, 2.75) is 52.4 Å². The van der Waals surface area contributed by atoms with Gasteiger partial charge >= 0.3 is 0 Å². The molecule has 7 rings (SSSR count). The van der Waals surface area contributed by atoms with Crippen molar-refractivity contribution in [1.82, 2.24) is 14.5 Å². The third-order valence-corrected chi connectivity index (χ3v) is 8.51. The maximum absolute atomic E-state index is 10.9. The molecule has 0 bridgehead atoms. The minimum absolute atomic E-state index is 0. The zero-order chi connectivity index (χ0) is 29.0. The Hall–Kier alpha value is -4.01. The first-order valence-corrected chi connectivity index (χ1v) is 14.8. The van der Waals surface area contributed by atoms with E-state index in [0.717, 1.165) is 63.1 Å². The summed E-state index contributed by atoms with van der Waals surface area (Å²) in [6, 6.07) is 30.8. The van der Waals surface area contributed by atoms with Crippen LogP contribution in [0.1, 0.15) is 61.8 Å². The molecule has 0 saturated carbocycles. The number of pyridine rings is 1. The molecule has 0 aliphatic heterocycles. The zero-order valence-electron chi connectivity index (χ0n) is 24.8. The first-order chi connectivity index (χ1) is 20.4. The van der Waals surface area contributed by atoms with Gasteiger partial charge in [-0.15, -0.1) is 29.3 Å². The molecular weight excluding hydrogens is 710 g/mol. The van der Waals surface area contributed by atoms with Crippen LogP contribution in [0.3, 0.4) is 0 Å². The SMILES string of the molecule is CC(C)c1cccc(C(C)C)c1-n1cc(-c2cccc3cccnc23)nc1-c1[c-]c2c(cc1)CCc1cccc(O)c1-2.[Pt]. The number of fused-ring (bicyclic) bond motifs is 4. The van der Waals surface area contributed by atoms with Crippen LogP contribution in [0.15, 0.2) is 91.3 Å². The van der Waals surface area contributed by atoms with Crippen LogP contribution in [-0.2, 0) is 33.9 Å². The summed E-state index contributed by atoms with van der Waals surface area (Å²) in [5.74, 6) is 1.79. The summed E-state index contributed by atoms with van der Waals surface area (Å²) in [4.78, 5) is 10.1. The molecule has 0 amide bonds. The first kappa shape index (κ1) is 29.1. The quantitative estimate of drug-likeness (QED) is 0.179. The van der Waals surface area contributed by atoms with Crippen molar-refractivity contribution in [1.29, 1.82) is 0 Å². The molecule has 0 unspecified atom stereocenters. The van der Waals surface area contributed by atoms with Crippen LogP contribution in [0.25, 0.3) is 50.4 Å². The van der Waals surface area contributed by atoms with Crippen LogP contribution in [0.2, 0.25) is 0 Å². The average molecular weight is 744 g/mol. The van der Waals surface area contributed by atoms with Gasteiger partial charge in [0.15, 0.2) is 0 Å². The largest absolute Gasteiger partial charge is 0.515 e. The fourth-order valence-corrected chi connectivity index (χ4v) is 6.41. The minimum atomic E-state index is 0. The molecule has 43 heavy (non-hydrogen) atoms. The van der Waals surface area contributed by atoms with Crippen LogP contribution < -0.4 is 0 Å². The standard InChI is InChI=1S/C38H34N3O.Pt/c1-23(2)29-12-7-13-30(24(3)4)37(29)41-22-33(31-14-5-10-27-11-8-20-39-36(27)31)40-38(41)28-19-17-25-16-18-26-9-6-15-34(42)35(26)32(25)21-28;/h5-15,17,19-20,22-24,42H,16,18H2,1-4H3;/q-1;. The number of hydrogen-bond acceptors (Lipinski definition) is 3. The summed E-state index contributed by atoms with van der Waals surface area (Å²) in [5, 5.41) is 12.0. The number of aryl methyl sites for hydroxylation is 2. The van der Waals surface area contributed by atoms with Crippen molar-refractivity contribution >= 4 is 10.9 Å². The predicted octanol–water partition coefficient (Wildman–Crippen LogP) is 9.27. The van der Waals surface area contributed by atoms with Crippen molar-refractivity contribution in [3.8, 4) is 45.2 Å². The molecule has 0 fully saturated rings. The van der Waals surface area contributed by atoms with E-state index in [4.69, 9.17) is 9.97 Å². The molecule has 6 aromatic rings. The van der Waals surface area contributed by atoms with Crippen LogP contribution >= 0.6 is 0 Å². The molecule has 0 atom stereocenters. The van der Waals surface area contributed by atoms with E-state index in [-0.39, 0.29) is 21.1 Å². The number of para-hydroxylation sites is 2. The Morgan fingerprint density at radius 3 is 2.26 bits per heavy atom. The van der Waals surface area contributed by atoms with Gasteiger partial charge in [0.05, 0.1) is 22.8 Å². The van der Waals surface area contributed by atoms with Gasteiger partial charge in [-0.1, -0.05) is 99.8 Å². The van der Waals surface area contributed by atoms with Crippen molar-refractivity contribution in [3.05, 3.63) is 120 Å². The Bertz CT molecular complexity index is 1940. The van der Waals surface area contributed by atoms with Gasteiger partial charge < -0.3 is 9.67 Å². The molecule has 2 heterocycles. The number of benzene rings is 4. The maximum atomic E-state index is 10.9. The third kappa shape index (κ3) is 5.02. The zero-order valence-corrected chi connectivity index (χ0v) is 27.1. The van der Waals surface area contributed by atoms with Crippen LogP contribution in [0.4, 0.5) is 0 Å². The van der Waals surface area contributed by atoms with Gasteiger partial charge in [0, 0.05) is 50.1 Å². The number of aromatic hydroxyl groups is 1. The molecule has 4 aromatic carbocycles. The molecule has 0 radical (unpaired) electrons. The van der Waals surface area contributed by atoms with Gasteiger partial charge in [-0.2, -0.15) is 0 Å². The molecule has 1 aliphatic carbocycles. The summed E-state index contributed by atoms with van der Waals surface area (Å²) in [7, 11) is 0. The fraction of sp³-hybridized carbons (Fsp3) is 0.211. The Labute approximate surface area is 267 Å². The molecule has 0 saturated heterocycles. The van der Waals surface area contributed by atoms with Gasteiger partial charge in [0.1, 0.15) is 0 Å². The molecule has 1 N–H and O–H groups in total. The number of imidazole rings is 1. The van der Waals surface area contributed by atoms with E-state index in [1.165, 1.54) is 22.4 Å². The van der Waals surface area contributed by atoms with E-state index in [9.17, 15) is 5.11 Å². The summed E-state index contributed by atoms with van der Waals surface area (Å²) >= 11 is 0. The summed E-state index contributed by atoms with van der Waals surface area (Å²) in [5.41, 5.74) is 11.7. The smallest absolute Gasteiger partial charge is 0.0904 e. The predicted molar refractivity (Wildman–Crippen MR) is 171 cm³/mol. The van der Waals surface area contributed by atoms with E-state index in [1.54, 1.807) is 6.07 Å². The second kappa shape index (κ2) is 11.6. The second-order valence-corrected chi connectivity index (χ2v) is 11.9. The van der Waals surface area contributed by atoms with Gasteiger partial charge in [-0.3, -0.25) is 9.97 Å². The van der Waals surface area contributed by atoms with E-state index in [1.807, 2.05) is 18.3 Å². The molecule has 4 nitrogen and oxygen atoms in total. The number of nitrogens with zero attached hydrogens (tertiary/aromatic N) is 3. The monoisotopic (exact) mass is 743 g/mol. The average Bonchev–Trinajstić information content (AvgIpc) is 3.45. The van der Waals surface area contributed by atoms with Gasteiger partial charge in [0.25, 0.3) is 0 Å². The first-order valence-electron chi connectivity index (χ1n) is 14.8. The van der Waals surface area contributed by atoms with Crippen LogP contribution in [-0.4, -0.2) is 19.6 Å². The van der Waals surface area contributed by atoms with E-state index in [0.29, 0.717) is 17.6 Å². The van der Waals surface area contributed by atoms with Crippen molar-refractivity contribution in [2.75, 3.05) is 0 Å². The van der Waals surface area contributed by atoms with E-state index < -0.39 is 0 Å². The van der Waals surface area contributed by atoms with Gasteiger partial charge in [0.2, 0.25) is 0 Å². The maximum Gasteiger partial charge on any atom is 0.0904 e. The normalized spacial score (nSPS) is 12.3. The van der Waals surface area contributed by atoms with E-state index in [2.05, 4.69) is 105 Å². The number of hydrogen-bond donors (Lipinski definition) is 1. The van der Waals surface area contributed by atoms with Crippen LogP contribution in [0, 0.1) is 6.07 Å². The Morgan fingerprint density at radius 2 is 1.49 bits per heavy atom. The minimum Gasteiger partial charge on any atom is -0.515 e. The number of aromatic nitrogens is 3. The molecular formula is C38H34N3OPt-. The van der Waals surface area contributed by atoms with Gasteiger partial charge in [-0.25, -0.2) is 0 Å². The molecule has 0 spiro atoms. The summed E-state index contributed by atoms with van der Waals surface area (Å²) in [6.45, 7) is 9.00. The molecule has 1 aliphatic rings. The van der Waals surface area contributed by atoms with Crippen molar-refractivity contribution < 1.29 is 26.2 Å². The number of phenolic OH excluding ortho intramolecular Hbond substituents is 1. The van der Waals surface area contributed by atoms with Crippen LogP contribution in [0.5, 0.6) is 5.75 Å². The van der Waals surface area contributed by atoms with E-state index >= 15 is 0 Å². The Balaban J connectivity index is 0.00000329. The number of rotatable bonds is 5. The summed E-state index contributed by atoms with van der Waals surface area (Å²) < 4.78 is 2.27. The molecule has 2 aromatic heterocycles. The van der Waals surface area contributed by atoms with Crippen molar-refractivity contribution in [3.63, 3.8) is 0 Å². The molecule has 5 heteroatoms.